The fourth-order valence-electron chi connectivity index (χ4n) is 2.75. The first kappa shape index (κ1) is 18.8. The van der Waals surface area contributed by atoms with Crippen LogP contribution in [-0.2, 0) is 6.54 Å². The molecule has 0 aliphatic rings. The summed E-state index contributed by atoms with van der Waals surface area (Å²) in [6, 6.07) is 9.91. The Hall–Kier alpha value is -3.00. The quantitative estimate of drug-likeness (QED) is 0.491. The number of hydrogen-bond acceptors (Lipinski definition) is 5. The average Bonchev–Trinajstić information content (AvgIpc) is 3.30. The van der Waals surface area contributed by atoms with E-state index in [-0.39, 0.29) is 17.6 Å². The van der Waals surface area contributed by atoms with Gasteiger partial charge in [0, 0.05) is 0 Å². The number of aryl methyl sites for hydroxylation is 1. The van der Waals surface area contributed by atoms with Crippen LogP contribution in [0, 0.1) is 17.0 Å². The average molecular weight is 384 g/mol. The summed E-state index contributed by atoms with van der Waals surface area (Å²) in [5.74, 6) is -0.120. The Labute approximate surface area is 160 Å². The third kappa shape index (κ3) is 4.59. The van der Waals surface area contributed by atoms with Gasteiger partial charge in [-0.3, -0.25) is 19.6 Å². The van der Waals surface area contributed by atoms with Gasteiger partial charge < -0.3 is 5.32 Å². The number of rotatable bonds is 7. The minimum absolute atomic E-state index is 0.0441. The van der Waals surface area contributed by atoms with Crippen molar-refractivity contribution in [3.63, 3.8) is 0 Å². The molecular weight excluding hydrogens is 364 g/mol. The van der Waals surface area contributed by atoms with Crippen LogP contribution in [-0.4, -0.2) is 20.6 Å². The zero-order valence-electron chi connectivity index (χ0n) is 15.1. The zero-order chi connectivity index (χ0) is 19.4. The highest BCUT2D eigenvalue weighted by Gasteiger charge is 2.16. The molecule has 0 spiro atoms. The lowest BCUT2D eigenvalue weighted by atomic mass is 10.0. The van der Waals surface area contributed by atoms with E-state index in [0.717, 1.165) is 17.5 Å². The van der Waals surface area contributed by atoms with Crippen molar-refractivity contribution in [2.45, 2.75) is 32.9 Å². The second-order valence-electron chi connectivity index (χ2n) is 6.32. The minimum Gasteiger partial charge on any atom is -0.345 e. The van der Waals surface area contributed by atoms with Crippen molar-refractivity contribution in [1.82, 2.24) is 15.1 Å². The summed E-state index contributed by atoms with van der Waals surface area (Å²) >= 11 is 1.35. The second kappa shape index (κ2) is 8.13. The van der Waals surface area contributed by atoms with Crippen molar-refractivity contribution >= 4 is 22.9 Å². The van der Waals surface area contributed by atoms with Gasteiger partial charge in [0.05, 0.1) is 22.4 Å². The molecule has 0 aliphatic carbocycles. The highest BCUT2D eigenvalue weighted by Crippen LogP contribution is 2.21. The number of amides is 1. The van der Waals surface area contributed by atoms with E-state index in [1.807, 2.05) is 43.5 Å². The summed E-state index contributed by atoms with van der Waals surface area (Å²) < 4.78 is 1.49. The van der Waals surface area contributed by atoms with E-state index < -0.39 is 4.92 Å². The molecule has 3 aromatic rings. The third-order valence-electron chi connectivity index (χ3n) is 4.25. The Bertz CT molecular complexity index is 946. The monoisotopic (exact) mass is 384 g/mol. The van der Waals surface area contributed by atoms with Gasteiger partial charge in [-0.2, -0.15) is 5.10 Å². The molecule has 2 aromatic heterocycles. The fourth-order valence-corrected chi connectivity index (χ4v) is 3.55. The molecule has 1 unspecified atom stereocenters. The Morgan fingerprint density at radius 2 is 2.11 bits per heavy atom. The predicted octanol–water partition coefficient (Wildman–Crippen LogP) is 4.09. The van der Waals surface area contributed by atoms with Gasteiger partial charge in [-0.15, -0.1) is 11.3 Å². The van der Waals surface area contributed by atoms with Gasteiger partial charge >= 0.3 is 5.69 Å². The van der Waals surface area contributed by atoms with Crippen LogP contribution in [0.4, 0.5) is 5.69 Å². The lowest BCUT2D eigenvalue weighted by Gasteiger charge is -2.17. The summed E-state index contributed by atoms with van der Waals surface area (Å²) in [5, 5.41) is 19.6. The molecule has 1 N–H and O–H groups in total. The maximum Gasteiger partial charge on any atom is 0.307 e. The smallest absolute Gasteiger partial charge is 0.307 e. The standard InChI is InChI=1S/C19H20N4O3S/c1-3-17(15-6-4-13(2)5-7-15)21-19(24)18-8-14(12-27-18)10-22-11-16(9-20-22)23(25)26/h4-9,11-12,17H,3,10H2,1-2H3,(H,21,24). The number of hydrogen-bond donors (Lipinski definition) is 1. The molecule has 7 nitrogen and oxygen atoms in total. The Morgan fingerprint density at radius 3 is 2.74 bits per heavy atom. The summed E-state index contributed by atoms with van der Waals surface area (Å²) in [4.78, 5) is 23.5. The van der Waals surface area contributed by atoms with Crippen LogP contribution in [0.15, 0.2) is 48.1 Å². The number of benzene rings is 1. The van der Waals surface area contributed by atoms with E-state index in [1.165, 1.54) is 34.0 Å². The molecule has 0 radical (unpaired) electrons. The largest absolute Gasteiger partial charge is 0.345 e. The number of nitrogens with one attached hydrogen (secondary N) is 1. The van der Waals surface area contributed by atoms with Crippen molar-refractivity contribution in [3.8, 4) is 0 Å². The molecule has 27 heavy (non-hydrogen) atoms. The van der Waals surface area contributed by atoms with Gasteiger partial charge in [0.2, 0.25) is 0 Å². The number of nitro groups is 1. The second-order valence-corrected chi connectivity index (χ2v) is 7.23. The number of nitrogens with zero attached hydrogens (tertiary/aromatic N) is 3. The molecule has 0 aliphatic heterocycles. The molecular formula is C19H20N4O3S. The van der Waals surface area contributed by atoms with E-state index >= 15 is 0 Å². The van der Waals surface area contributed by atoms with Crippen LogP contribution < -0.4 is 5.32 Å². The van der Waals surface area contributed by atoms with Crippen LogP contribution in [0.5, 0.6) is 0 Å². The SMILES string of the molecule is CCC(NC(=O)c1cc(Cn2cc([N+](=O)[O-])cn2)cs1)c1ccc(C)cc1. The molecule has 0 saturated heterocycles. The topological polar surface area (TPSA) is 90.1 Å². The Kier molecular flexibility index (Phi) is 5.66. The van der Waals surface area contributed by atoms with Crippen LogP contribution in [0.3, 0.4) is 0 Å². The molecule has 0 saturated carbocycles. The summed E-state index contributed by atoms with van der Waals surface area (Å²) in [6.45, 7) is 4.45. The first-order valence-corrected chi connectivity index (χ1v) is 9.46. The van der Waals surface area contributed by atoms with Crippen molar-refractivity contribution in [3.05, 3.63) is 79.8 Å². The van der Waals surface area contributed by atoms with Gasteiger partial charge in [0.25, 0.3) is 5.91 Å². The van der Waals surface area contributed by atoms with Gasteiger partial charge in [-0.25, -0.2) is 0 Å². The van der Waals surface area contributed by atoms with Gasteiger partial charge in [-0.05, 0) is 35.9 Å². The van der Waals surface area contributed by atoms with Crippen LogP contribution >= 0.6 is 11.3 Å². The van der Waals surface area contributed by atoms with Gasteiger partial charge in [-0.1, -0.05) is 36.8 Å². The predicted molar refractivity (Wildman–Crippen MR) is 104 cm³/mol. The number of carbonyl (C=O) groups is 1. The molecule has 0 fully saturated rings. The number of carbonyl (C=O) groups excluding carboxylic acids is 1. The molecule has 2 heterocycles. The number of aromatic nitrogens is 2. The zero-order valence-corrected chi connectivity index (χ0v) is 15.9. The molecule has 1 amide bonds. The van der Waals surface area contributed by atoms with E-state index in [9.17, 15) is 14.9 Å². The van der Waals surface area contributed by atoms with E-state index in [4.69, 9.17) is 0 Å². The first-order valence-electron chi connectivity index (χ1n) is 8.58. The Morgan fingerprint density at radius 1 is 1.37 bits per heavy atom. The maximum absolute atomic E-state index is 12.6. The van der Waals surface area contributed by atoms with E-state index in [1.54, 1.807) is 6.07 Å². The lowest BCUT2D eigenvalue weighted by molar-refractivity contribution is -0.385. The van der Waals surface area contributed by atoms with Gasteiger partial charge in [0.1, 0.15) is 12.4 Å². The molecule has 0 bridgehead atoms. The maximum atomic E-state index is 12.6. The highest BCUT2D eigenvalue weighted by atomic mass is 32.1. The fraction of sp³-hybridized carbons (Fsp3) is 0.263. The molecule has 140 valence electrons. The third-order valence-corrected chi connectivity index (χ3v) is 5.22. The highest BCUT2D eigenvalue weighted by molar-refractivity contribution is 7.12. The molecule has 8 heteroatoms. The van der Waals surface area contributed by atoms with Crippen LogP contribution in [0.25, 0.3) is 0 Å². The normalized spacial score (nSPS) is 11.9. The van der Waals surface area contributed by atoms with Crippen molar-refractivity contribution in [1.29, 1.82) is 0 Å². The summed E-state index contributed by atoms with van der Waals surface area (Å²) in [7, 11) is 0. The van der Waals surface area contributed by atoms with Gasteiger partial charge in [0.15, 0.2) is 0 Å². The minimum atomic E-state index is -0.480. The van der Waals surface area contributed by atoms with Crippen molar-refractivity contribution < 1.29 is 9.72 Å². The van der Waals surface area contributed by atoms with E-state index in [2.05, 4.69) is 10.4 Å². The molecule has 1 aromatic carbocycles. The summed E-state index contributed by atoms with van der Waals surface area (Å²) in [5.41, 5.74) is 3.09. The molecule has 3 rings (SSSR count). The van der Waals surface area contributed by atoms with Crippen LogP contribution in [0.2, 0.25) is 0 Å². The first-order chi connectivity index (χ1) is 13.0. The van der Waals surface area contributed by atoms with Crippen molar-refractivity contribution in [2.75, 3.05) is 0 Å². The Balaban J connectivity index is 1.66. The number of thiophene rings is 1. The van der Waals surface area contributed by atoms with E-state index in [0.29, 0.717) is 11.4 Å². The molecule has 1 atom stereocenters. The van der Waals surface area contributed by atoms with Crippen LogP contribution in [0.1, 0.15) is 45.7 Å². The van der Waals surface area contributed by atoms with Crippen molar-refractivity contribution in [2.24, 2.45) is 0 Å². The lowest BCUT2D eigenvalue weighted by Crippen LogP contribution is -2.27. The summed E-state index contributed by atoms with van der Waals surface area (Å²) in [6.07, 6.45) is 3.39.